The van der Waals surface area contributed by atoms with Crippen molar-refractivity contribution in [2.24, 2.45) is 0 Å². The van der Waals surface area contributed by atoms with Crippen molar-refractivity contribution >= 4 is 70.0 Å². The smallest absolute Gasteiger partial charge is 0.657 e. The number of amides is 4. The minimum Gasteiger partial charge on any atom is -0.657 e. The zero-order valence-electron chi connectivity index (χ0n) is 41.0. The quantitative estimate of drug-likeness (QED) is 0.0841. The number of benzene rings is 4. The molecule has 4 amide bonds. The Labute approximate surface area is 431 Å². The van der Waals surface area contributed by atoms with Crippen molar-refractivity contribution in [3.63, 3.8) is 0 Å². The molecule has 0 spiro atoms. The number of nitrogens with zero attached hydrogens (tertiary/aromatic N) is 8. The van der Waals surface area contributed by atoms with Crippen molar-refractivity contribution in [1.29, 1.82) is 0 Å². The van der Waals surface area contributed by atoms with Crippen molar-refractivity contribution in [3.05, 3.63) is 166 Å². The second-order valence-electron chi connectivity index (χ2n) is 16.6. The Balaban J connectivity index is 0.00000711. The predicted molar refractivity (Wildman–Crippen MR) is 275 cm³/mol. The Morgan fingerprint density at radius 2 is 0.534 bits per heavy atom. The third-order valence-corrected chi connectivity index (χ3v) is 12.5. The van der Waals surface area contributed by atoms with E-state index < -0.39 is 0 Å². The van der Waals surface area contributed by atoms with Crippen molar-refractivity contribution in [2.75, 3.05) is 56.6 Å². The molecule has 0 aliphatic carbocycles. The first kappa shape index (κ1) is 51.1. The van der Waals surface area contributed by atoms with Crippen molar-refractivity contribution < 1.29 is 55.6 Å². The first-order chi connectivity index (χ1) is 34.8. The fraction of sp³-hybridized carbons (Fsp3) is 0.143. The summed E-state index contributed by atoms with van der Waals surface area (Å²) in [5.74, 6) is -1.27. The standard InChI is InChI=1S/C56H49N8O8.Cu/c1-61(69-5)53(65)37-17-9-33(10-18-37)49-41-25-27-43(57-41)50(34-11-19-38(20-12-34)54(66)62(2)70-6)45-29-31-47(59-45)52(36-15-23-40(24-16-36)56(68)64(4)72-8)48-32-30-46(60-48)51(44-28-26-42(49)58-44)35-13-21-39(22-14-35)55(67)63(3)71-7;/h9-32H,1-8H3,(H-,57,58,59,60,65,66,67,68);/q-1;+2/p-1. The monoisotopic (exact) mass is 1020 g/mol. The average molecular weight is 1020 g/mol. The number of carbonyl (C=O) groups is 4. The molecule has 7 aromatic rings. The molecule has 1 radical (unpaired) electrons. The summed E-state index contributed by atoms with van der Waals surface area (Å²) >= 11 is 0. The molecule has 0 saturated heterocycles. The van der Waals surface area contributed by atoms with Gasteiger partial charge < -0.3 is 9.97 Å². The van der Waals surface area contributed by atoms with E-state index in [1.54, 1.807) is 76.7 Å². The molecule has 0 unspecified atom stereocenters. The van der Waals surface area contributed by atoms with Gasteiger partial charge in [0.05, 0.1) is 51.2 Å². The maximum atomic E-state index is 13.1. The maximum absolute atomic E-state index is 13.1. The van der Waals surface area contributed by atoms with E-state index in [4.69, 9.17) is 39.3 Å². The summed E-state index contributed by atoms with van der Waals surface area (Å²) in [6, 6.07) is 36.4. The SMILES string of the molecule is CON(C)C(=O)c1ccc(-c2c3nc(c(-c4ccc(C(=O)N(C)OC)cc4)c4ccc([n-]4)c(-c4ccc(C(=O)N(C)OC)cc4)c4nc(c(-c5ccc(C(=O)N(C)OC)cc5)c5ccc2[n-]5)C=C4)C=C3)cc1.[Cu+2]. The Kier molecular flexibility index (Phi) is 15.1. The van der Waals surface area contributed by atoms with Gasteiger partial charge in [-0.1, -0.05) is 72.8 Å². The normalized spacial score (nSPS) is 11.5. The molecule has 4 aromatic carbocycles. The van der Waals surface area contributed by atoms with E-state index in [-0.39, 0.29) is 40.7 Å². The van der Waals surface area contributed by atoms with E-state index in [2.05, 4.69) is 0 Å². The fourth-order valence-electron chi connectivity index (χ4n) is 8.45. The van der Waals surface area contributed by atoms with Gasteiger partial charge in [0.25, 0.3) is 23.6 Å². The number of fused-ring (bicyclic) bond motifs is 8. The van der Waals surface area contributed by atoms with Gasteiger partial charge in [-0.2, -0.15) is 0 Å². The van der Waals surface area contributed by atoms with Crippen LogP contribution in [0.2, 0.25) is 0 Å². The second kappa shape index (κ2) is 21.6. The molecule has 371 valence electrons. The molecule has 0 N–H and O–H groups in total. The first-order valence-electron chi connectivity index (χ1n) is 22.6. The molecule has 0 atom stereocenters. The van der Waals surface area contributed by atoms with E-state index in [9.17, 15) is 19.2 Å². The first-order valence-corrected chi connectivity index (χ1v) is 22.6. The van der Waals surface area contributed by atoms with Gasteiger partial charge in [0, 0.05) is 50.4 Å². The Morgan fingerprint density at radius 3 is 0.712 bits per heavy atom. The molecule has 0 saturated carbocycles. The van der Waals surface area contributed by atoms with Crippen LogP contribution >= 0.6 is 0 Å². The third-order valence-electron chi connectivity index (χ3n) is 12.5. The summed E-state index contributed by atoms with van der Waals surface area (Å²) in [4.78, 5) is 94.5. The fourth-order valence-corrected chi connectivity index (χ4v) is 8.45. The van der Waals surface area contributed by atoms with Crippen LogP contribution in [0.1, 0.15) is 64.2 Å². The van der Waals surface area contributed by atoms with Crippen molar-refractivity contribution in [3.8, 4) is 44.5 Å². The number of rotatable bonds is 12. The molecule has 8 bridgehead atoms. The molecule has 16 nitrogen and oxygen atoms in total. The molecule has 9 rings (SSSR count). The van der Waals surface area contributed by atoms with Crippen LogP contribution in [-0.2, 0) is 36.4 Å². The second-order valence-corrected chi connectivity index (χ2v) is 16.6. The molecule has 73 heavy (non-hydrogen) atoms. The minimum atomic E-state index is -0.318. The van der Waals surface area contributed by atoms with Crippen LogP contribution in [-0.4, -0.2) is 110 Å². The molecule has 3 aromatic heterocycles. The maximum Gasteiger partial charge on any atom is 2.00 e. The van der Waals surface area contributed by atoms with Crippen LogP contribution < -0.4 is 9.97 Å². The van der Waals surface area contributed by atoms with Crippen LogP contribution in [0, 0.1) is 0 Å². The van der Waals surface area contributed by atoms with Crippen LogP contribution in [0.25, 0.3) is 90.9 Å². The van der Waals surface area contributed by atoms with E-state index in [1.165, 1.54) is 28.4 Å². The number of hydrogen-bond acceptors (Lipinski definition) is 10. The van der Waals surface area contributed by atoms with E-state index in [0.29, 0.717) is 89.4 Å². The Bertz CT molecular complexity index is 3040. The third kappa shape index (κ3) is 10.0. The molecule has 0 fully saturated rings. The van der Waals surface area contributed by atoms with Gasteiger partial charge in [-0.05, 0) is 117 Å². The van der Waals surface area contributed by atoms with Gasteiger partial charge in [0.15, 0.2) is 0 Å². The van der Waals surface area contributed by atoms with Crippen LogP contribution in [0.4, 0.5) is 0 Å². The summed E-state index contributed by atoms with van der Waals surface area (Å²) in [5.41, 5.74) is 12.1. The average Bonchev–Trinajstić information content (AvgIpc) is 4.29. The summed E-state index contributed by atoms with van der Waals surface area (Å²) in [6.45, 7) is 0. The van der Waals surface area contributed by atoms with Gasteiger partial charge in [0.1, 0.15) is 0 Å². The zero-order chi connectivity index (χ0) is 50.8. The topological polar surface area (TPSA) is 172 Å². The number of hydroxylamine groups is 8. The van der Waals surface area contributed by atoms with Crippen molar-refractivity contribution in [2.45, 2.75) is 0 Å². The van der Waals surface area contributed by atoms with Crippen LogP contribution in [0.3, 0.4) is 0 Å². The van der Waals surface area contributed by atoms with E-state index in [0.717, 1.165) is 42.5 Å². The molecule has 17 heteroatoms. The number of hydrogen-bond donors (Lipinski definition) is 0. The largest absolute Gasteiger partial charge is 2.00 e. The number of aromatic nitrogens is 4. The van der Waals surface area contributed by atoms with Gasteiger partial charge in [0.2, 0.25) is 0 Å². The predicted octanol–water partition coefficient (Wildman–Crippen LogP) is 9.11. The summed E-state index contributed by atoms with van der Waals surface area (Å²) < 4.78 is 0. The molecular weight excluding hydrogens is 976 g/mol. The van der Waals surface area contributed by atoms with Gasteiger partial charge in [-0.25, -0.2) is 30.2 Å². The zero-order valence-corrected chi connectivity index (χ0v) is 41.9. The van der Waals surface area contributed by atoms with Crippen LogP contribution in [0.5, 0.6) is 0 Å². The molecule has 2 aliphatic rings. The molecular formula is C56H48CuN8O8. The summed E-state index contributed by atoms with van der Waals surface area (Å²) in [7, 11) is 11.9. The van der Waals surface area contributed by atoms with Gasteiger partial charge in [-0.3, -0.25) is 38.5 Å². The minimum absolute atomic E-state index is 0. The van der Waals surface area contributed by atoms with E-state index >= 15 is 0 Å². The Hall–Kier alpha value is -8.28. The Morgan fingerprint density at radius 1 is 0.342 bits per heavy atom. The van der Waals surface area contributed by atoms with Crippen molar-refractivity contribution in [1.82, 2.24) is 40.2 Å². The summed E-state index contributed by atoms with van der Waals surface area (Å²) in [5, 5.41) is 4.63. The van der Waals surface area contributed by atoms with Gasteiger partial charge >= 0.3 is 17.1 Å². The van der Waals surface area contributed by atoms with Crippen LogP contribution in [0.15, 0.2) is 121 Å². The molecule has 5 heterocycles. The number of carbonyl (C=O) groups excluding carboxylic acids is 4. The van der Waals surface area contributed by atoms with E-state index in [1.807, 2.05) is 97.1 Å². The summed E-state index contributed by atoms with van der Waals surface area (Å²) in [6.07, 6.45) is 7.70. The molecule has 2 aliphatic heterocycles. The van der Waals surface area contributed by atoms with Gasteiger partial charge in [-0.15, -0.1) is 22.1 Å².